The quantitative estimate of drug-likeness (QED) is 0.457. The van der Waals surface area contributed by atoms with Gasteiger partial charge in [0, 0.05) is 29.3 Å². The molecule has 0 spiro atoms. The van der Waals surface area contributed by atoms with Crippen molar-refractivity contribution < 1.29 is 4.74 Å². The lowest BCUT2D eigenvalue weighted by Crippen LogP contribution is -1.99. The van der Waals surface area contributed by atoms with Crippen LogP contribution in [0.3, 0.4) is 0 Å². The first-order valence-electron chi connectivity index (χ1n) is 9.94. The van der Waals surface area contributed by atoms with Gasteiger partial charge in [0.2, 0.25) is 5.88 Å². The van der Waals surface area contributed by atoms with Gasteiger partial charge in [0.15, 0.2) is 5.82 Å². The van der Waals surface area contributed by atoms with Crippen molar-refractivity contribution in [2.24, 2.45) is 0 Å². The van der Waals surface area contributed by atoms with Gasteiger partial charge in [0.05, 0.1) is 18.5 Å². The van der Waals surface area contributed by atoms with Crippen molar-refractivity contribution in [3.63, 3.8) is 0 Å². The zero-order valence-corrected chi connectivity index (χ0v) is 17.1. The average molecular weight is 397 g/mol. The number of hydrogen-bond donors (Lipinski definition) is 0. The van der Waals surface area contributed by atoms with Gasteiger partial charge in [-0.05, 0) is 62.6 Å². The first-order chi connectivity index (χ1) is 14.7. The van der Waals surface area contributed by atoms with Crippen LogP contribution in [0.15, 0.2) is 66.9 Å². The van der Waals surface area contributed by atoms with Crippen molar-refractivity contribution in [2.45, 2.75) is 26.2 Å². The first kappa shape index (κ1) is 19.6. The second-order valence-electron chi connectivity index (χ2n) is 6.97. The molecule has 6 nitrogen and oxygen atoms in total. The van der Waals surface area contributed by atoms with Gasteiger partial charge >= 0.3 is 0 Å². The monoisotopic (exact) mass is 397 g/mol. The van der Waals surface area contributed by atoms with Gasteiger partial charge in [-0.3, -0.25) is 9.97 Å². The van der Waals surface area contributed by atoms with Crippen molar-refractivity contribution in [3.8, 4) is 28.8 Å². The number of aryl methyl sites for hydroxylation is 3. The van der Waals surface area contributed by atoms with Crippen LogP contribution in [0, 0.1) is 6.92 Å². The maximum absolute atomic E-state index is 5.18. The van der Waals surface area contributed by atoms with Gasteiger partial charge in [-0.1, -0.05) is 18.2 Å². The molecule has 0 saturated heterocycles. The molecule has 4 aromatic rings. The van der Waals surface area contributed by atoms with Crippen LogP contribution in [-0.2, 0) is 12.8 Å². The SMILES string of the molecule is COc1ccnc(-c2cccc(CCCc3cccc(-c4cccc(C)n4)n3)n2)n1. The number of rotatable bonds is 7. The largest absolute Gasteiger partial charge is 0.481 e. The van der Waals surface area contributed by atoms with Gasteiger partial charge in [-0.15, -0.1) is 0 Å². The molecule has 0 N–H and O–H groups in total. The molecule has 0 saturated carbocycles. The standard InChI is InChI=1S/C24H23N5O/c1-17-7-3-12-20(26-17)21-13-5-10-18(27-21)8-4-9-19-11-6-14-22(28-19)24-25-16-15-23(29-24)30-2/h3,5-7,10-16H,4,8-9H2,1-2H3. The lowest BCUT2D eigenvalue weighted by atomic mass is 10.1. The molecular weight excluding hydrogens is 374 g/mol. The van der Waals surface area contributed by atoms with Gasteiger partial charge in [-0.25, -0.2) is 9.97 Å². The van der Waals surface area contributed by atoms with Crippen molar-refractivity contribution in [3.05, 3.63) is 83.9 Å². The Morgan fingerprint density at radius 3 is 2.03 bits per heavy atom. The Balaban J connectivity index is 1.42. The first-order valence-corrected chi connectivity index (χ1v) is 9.94. The van der Waals surface area contributed by atoms with E-state index in [0.29, 0.717) is 11.7 Å². The van der Waals surface area contributed by atoms with E-state index in [-0.39, 0.29) is 0 Å². The molecule has 150 valence electrons. The highest BCUT2D eigenvalue weighted by atomic mass is 16.5. The van der Waals surface area contributed by atoms with Crippen molar-refractivity contribution >= 4 is 0 Å². The molecule has 4 rings (SSSR count). The Labute approximate surface area is 176 Å². The molecule has 0 aliphatic carbocycles. The molecule has 4 aromatic heterocycles. The number of hydrogen-bond acceptors (Lipinski definition) is 6. The molecule has 0 bridgehead atoms. The molecule has 6 heteroatoms. The fourth-order valence-electron chi connectivity index (χ4n) is 3.22. The summed E-state index contributed by atoms with van der Waals surface area (Å²) in [6.45, 7) is 1.99. The summed E-state index contributed by atoms with van der Waals surface area (Å²) in [5.41, 5.74) is 5.62. The minimum absolute atomic E-state index is 0.529. The molecular formula is C24H23N5O. The zero-order chi connectivity index (χ0) is 20.8. The third kappa shape index (κ3) is 4.84. The van der Waals surface area contributed by atoms with E-state index in [0.717, 1.165) is 53.4 Å². The third-order valence-electron chi connectivity index (χ3n) is 4.70. The van der Waals surface area contributed by atoms with E-state index in [2.05, 4.69) is 21.0 Å². The van der Waals surface area contributed by atoms with E-state index < -0.39 is 0 Å². The maximum Gasteiger partial charge on any atom is 0.216 e. The van der Waals surface area contributed by atoms with Crippen LogP contribution in [0.25, 0.3) is 22.9 Å². The molecule has 0 amide bonds. The lowest BCUT2D eigenvalue weighted by Gasteiger charge is -2.06. The highest BCUT2D eigenvalue weighted by Crippen LogP contribution is 2.18. The highest BCUT2D eigenvalue weighted by Gasteiger charge is 2.07. The molecule has 0 aliphatic rings. The van der Waals surface area contributed by atoms with E-state index in [1.165, 1.54) is 0 Å². The highest BCUT2D eigenvalue weighted by molar-refractivity contribution is 5.54. The molecule has 0 unspecified atom stereocenters. The lowest BCUT2D eigenvalue weighted by molar-refractivity contribution is 0.397. The Morgan fingerprint density at radius 1 is 0.700 bits per heavy atom. The van der Waals surface area contributed by atoms with Gasteiger partial charge in [0.25, 0.3) is 0 Å². The van der Waals surface area contributed by atoms with Crippen molar-refractivity contribution in [1.82, 2.24) is 24.9 Å². The van der Waals surface area contributed by atoms with Crippen LogP contribution < -0.4 is 4.74 Å². The minimum Gasteiger partial charge on any atom is -0.481 e. The van der Waals surface area contributed by atoms with E-state index in [1.54, 1.807) is 19.4 Å². The van der Waals surface area contributed by atoms with Gasteiger partial charge in [0.1, 0.15) is 5.69 Å². The fourth-order valence-corrected chi connectivity index (χ4v) is 3.22. The summed E-state index contributed by atoms with van der Waals surface area (Å²) in [5.74, 6) is 1.09. The predicted octanol–water partition coefficient (Wildman–Crippen LogP) is 4.49. The van der Waals surface area contributed by atoms with Crippen LogP contribution in [0.5, 0.6) is 5.88 Å². The van der Waals surface area contributed by atoms with Crippen LogP contribution in [0.1, 0.15) is 23.5 Å². The molecule has 0 aliphatic heterocycles. The Bertz CT molecular complexity index is 1150. The summed E-state index contributed by atoms with van der Waals surface area (Å²) < 4.78 is 5.18. The summed E-state index contributed by atoms with van der Waals surface area (Å²) in [7, 11) is 1.59. The van der Waals surface area contributed by atoms with Crippen molar-refractivity contribution in [2.75, 3.05) is 7.11 Å². The Hall–Kier alpha value is -3.67. The Morgan fingerprint density at radius 2 is 1.33 bits per heavy atom. The second kappa shape index (κ2) is 9.22. The summed E-state index contributed by atoms with van der Waals surface area (Å²) in [5, 5.41) is 0. The molecule has 4 heterocycles. The van der Waals surface area contributed by atoms with Crippen LogP contribution in [0.2, 0.25) is 0 Å². The number of methoxy groups -OCH3 is 1. The minimum atomic E-state index is 0.529. The number of ether oxygens (including phenoxy) is 1. The fraction of sp³-hybridized carbons (Fsp3) is 0.208. The molecule has 0 radical (unpaired) electrons. The topological polar surface area (TPSA) is 73.7 Å². The summed E-state index contributed by atoms with van der Waals surface area (Å²) in [6.07, 6.45) is 4.36. The number of aromatic nitrogens is 5. The maximum atomic E-state index is 5.18. The van der Waals surface area contributed by atoms with Gasteiger partial charge < -0.3 is 4.74 Å². The molecule has 0 atom stereocenters. The molecule has 0 fully saturated rings. The molecule has 30 heavy (non-hydrogen) atoms. The van der Waals surface area contributed by atoms with E-state index >= 15 is 0 Å². The van der Waals surface area contributed by atoms with Gasteiger partial charge in [-0.2, -0.15) is 4.98 Å². The second-order valence-corrected chi connectivity index (χ2v) is 6.97. The normalized spacial score (nSPS) is 10.7. The number of pyridine rings is 3. The average Bonchev–Trinajstić information content (AvgIpc) is 2.79. The van der Waals surface area contributed by atoms with Crippen molar-refractivity contribution in [1.29, 1.82) is 0 Å². The number of nitrogens with zero attached hydrogens (tertiary/aromatic N) is 5. The van der Waals surface area contributed by atoms with Crippen LogP contribution >= 0.6 is 0 Å². The Kier molecular flexibility index (Phi) is 6.03. The van der Waals surface area contributed by atoms with E-state index in [9.17, 15) is 0 Å². The van der Waals surface area contributed by atoms with E-state index in [1.807, 2.05) is 55.5 Å². The van der Waals surface area contributed by atoms with Crippen LogP contribution in [-0.4, -0.2) is 32.0 Å². The summed E-state index contributed by atoms with van der Waals surface area (Å²) in [4.78, 5) is 22.7. The van der Waals surface area contributed by atoms with Crippen LogP contribution in [0.4, 0.5) is 0 Å². The third-order valence-corrected chi connectivity index (χ3v) is 4.70. The smallest absolute Gasteiger partial charge is 0.216 e. The summed E-state index contributed by atoms with van der Waals surface area (Å²) >= 11 is 0. The molecule has 0 aromatic carbocycles. The predicted molar refractivity (Wildman–Crippen MR) is 116 cm³/mol. The summed E-state index contributed by atoms with van der Waals surface area (Å²) in [6, 6.07) is 19.8. The van der Waals surface area contributed by atoms with E-state index in [4.69, 9.17) is 14.7 Å². The zero-order valence-electron chi connectivity index (χ0n) is 17.1.